The number of carbonyl (C=O) groups is 1. The van der Waals surface area contributed by atoms with Crippen LogP contribution in [0, 0.1) is 18.6 Å². The van der Waals surface area contributed by atoms with Crippen LogP contribution in [-0.2, 0) is 17.8 Å². The Hall–Kier alpha value is -2.23. The number of amides is 1. The zero-order chi connectivity index (χ0) is 14.3. The Balaban J connectivity index is 1.96. The second kappa shape index (κ2) is 4.71. The number of aryl methyl sites for hydroxylation is 1. The third-order valence-corrected chi connectivity index (χ3v) is 3.50. The lowest BCUT2D eigenvalue weighted by molar-refractivity contribution is -0.117. The van der Waals surface area contributed by atoms with Gasteiger partial charge in [0, 0.05) is 11.3 Å². The first kappa shape index (κ1) is 12.8. The molecular weight excluding hydrogens is 260 g/mol. The van der Waals surface area contributed by atoms with Crippen molar-refractivity contribution >= 4 is 11.6 Å². The van der Waals surface area contributed by atoms with Crippen LogP contribution >= 0.6 is 0 Å². The van der Waals surface area contributed by atoms with E-state index in [1.54, 1.807) is 0 Å². The Bertz CT molecular complexity index is 697. The normalized spacial score (nSPS) is 13.8. The van der Waals surface area contributed by atoms with E-state index in [1.165, 1.54) is 4.90 Å². The maximum Gasteiger partial charge on any atom is 0.231 e. The number of nitrogens with zero attached hydrogens (tertiary/aromatic N) is 1. The first-order valence-electron chi connectivity index (χ1n) is 6.38. The summed E-state index contributed by atoms with van der Waals surface area (Å²) in [6.45, 7) is 2.01. The summed E-state index contributed by atoms with van der Waals surface area (Å²) in [6, 6.07) is 9.01. The predicted octanol–water partition coefficient (Wildman–Crippen LogP) is 3.36. The SMILES string of the molecule is Cc1ccc2c(c1)CC(=O)N2Cc1cc(F)ccc1F. The van der Waals surface area contributed by atoms with E-state index in [0.29, 0.717) is 6.42 Å². The molecular formula is C16H13F2NO. The van der Waals surface area contributed by atoms with Gasteiger partial charge < -0.3 is 4.90 Å². The quantitative estimate of drug-likeness (QED) is 0.821. The fourth-order valence-corrected chi connectivity index (χ4v) is 2.52. The van der Waals surface area contributed by atoms with Crippen LogP contribution < -0.4 is 4.90 Å². The standard InChI is InChI=1S/C16H13F2NO/c1-10-2-5-15-11(6-10)8-16(20)19(15)9-12-7-13(17)3-4-14(12)18/h2-7H,8-9H2,1H3. The van der Waals surface area contributed by atoms with E-state index in [1.807, 2.05) is 25.1 Å². The molecule has 0 aromatic heterocycles. The minimum atomic E-state index is -0.503. The number of benzene rings is 2. The molecule has 102 valence electrons. The minimum Gasteiger partial charge on any atom is -0.307 e. The molecule has 20 heavy (non-hydrogen) atoms. The van der Waals surface area contributed by atoms with Gasteiger partial charge in [0.1, 0.15) is 11.6 Å². The van der Waals surface area contributed by atoms with Crippen LogP contribution in [0.5, 0.6) is 0 Å². The van der Waals surface area contributed by atoms with Gasteiger partial charge in [-0.2, -0.15) is 0 Å². The summed E-state index contributed by atoms with van der Waals surface area (Å²) in [5.74, 6) is -1.09. The van der Waals surface area contributed by atoms with Crippen molar-refractivity contribution in [2.75, 3.05) is 4.90 Å². The molecule has 0 saturated heterocycles. The Morgan fingerprint density at radius 2 is 1.95 bits per heavy atom. The lowest BCUT2D eigenvalue weighted by Gasteiger charge is -2.18. The van der Waals surface area contributed by atoms with Gasteiger partial charge in [-0.25, -0.2) is 8.78 Å². The molecule has 0 N–H and O–H groups in total. The zero-order valence-corrected chi connectivity index (χ0v) is 11.0. The van der Waals surface area contributed by atoms with E-state index in [9.17, 15) is 13.6 Å². The molecule has 0 aliphatic carbocycles. The molecule has 2 aromatic carbocycles. The van der Waals surface area contributed by atoms with E-state index in [4.69, 9.17) is 0 Å². The molecule has 0 bridgehead atoms. The highest BCUT2D eigenvalue weighted by atomic mass is 19.1. The van der Waals surface area contributed by atoms with Crippen molar-refractivity contribution in [1.82, 2.24) is 0 Å². The third kappa shape index (κ3) is 2.18. The Morgan fingerprint density at radius 1 is 1.15 bits per heavy atom. The van der Waals surface area contributed by atoms with E-state index in [0.717, 1.165) is 35.0 Å². The summed E-state index contributed by atoms with van der Waals surface area (Å²) < 4.78 is 26.9. The first-order chi connectivity index (χ1) is 9.54. The highest BCUT2D eigenvalue weighted by molar-refractivity contribution is 6.01. The van der Waals surface area contributed by atoms with Crippen LogP contribution in [-0.4, -0.2) is 5.91 Å². The maximum atomic E-state index is 13.7. The highest BCUT2D eigenvalue weighted by Gasteiger charge is 2.27. The van der Waals surface area contributed by atoms with Crippen molar-refractivity contribution in [3.63, 3.8) is 0 Å². The van der Waals surface area contributed by atoms with Crippen LogP contribution in [0.3, 0.4) is 0 Å². The van der Waals surface area contributed by atoms with Gasteiger partial charge in [0.2, 0.25) is 5.91 Å². The number of anilines is 1. The van der Waals surface area contributed by atoms with E-state index >= 15 is 0 Å². The number of rotatable bonds is 2. The summed E-state index contributed by atoms with van der Waals surface area (Å²) >= 11 is 0. The largest absolute Gasteiger partial charge is 0.307 e. The molecule has 1 heterocycles. The lowest BCUT2D eigenvalue weighted by atomic mass is 10.1. The van der Waals surface area contributed by atoms with Crippen molar-refractivity contribution in [3.8, 4) is 0 Å². The van der Waals surface area contributed by atoms with Crippen molar-refractivity contribution < 1.29 is 13.6 Å². The third-order valence-electron chi connectivity index (χ3n) is 3.50. The van der Waals surface area contributed by atoms with E-state index < -0.39 is 11.6 Å². The molecule has 0 unspecified atom stereocenters. The molecule has 0 radical (unpaired) electrons. The fraction of sp³-hybridized carbons (Fsp3) is 0.188. The average molecular weight is 273 g/mol. The molecule has 3 rings (SSSR count). The number of hydrogen-bond donors (Lipinski definition) is 0. The van der Waals surface area contributed by atoms with Gasteiger partial charge >= 0.3 is 0 Å². The van der Waals surface area contributed by atoms with Crippen LogP contribution in [0.4, 0.5) is 14.5 Å². The van der Waals surface area contributed by atoms with Gasteiger partial charge in [0.25, 0.3) is 0 Å². The van der Waals surface area contributed by atoms with Gasteiger partial charge in [0.05, 0.1) is 13.0 Å². The Morgan fingerprint density at radius 3 is 2.75 bits per heavy atom. The topological polar surface area (TPSA) is 20.3 Å². The van der Waals surface area contributed by atoms with Gasteiger partial charge in [-0.1, -0.05) is 17.7 Å². The number of fused-ring (bicyclic) bond motifs is 1. The highest BCUT2D eigenvalue weighted by Crippen LogP contribution is 2.31. The van der Waals surface area contributed by atoms with Crippen molar-refractivity contribution in [2.45, 2.75) is 19.9 Å². The summed E-state index contributed by atoms with van der Waals surface area (Å²) in [5.41, 5.74) is 2.98. The van der Waals surface area contributed by atoms with Crippen LogP contribution in [0.1, 0.15) is 16.7 Å². The number of halogens is 2. The molecule has 4 heteroatoms. The van der Waals surface area contributed by atoms with Gasteiger partial charge in [-0.3, -0.25) is 4.79 Å². The molecule has 0 fully saturated rings. The predicted molar refractivity (Wildman–Crippen MR) is 72.4 cm³/mol. The fourth-order valence-electron chi connectivity index (χ4n) is 2.52. The van der Waals surface area contributed by atoms with Gasteiger partial charge in [-0.15, -0.1) is 0 Å². The van der Waals surface area contributed by atoms with Crippen LogP contribution in [0.25, 0.3) is 0 Å². The molecule has 1 aliphatic rings. The Labute approximate surface area is 115 Å². The smallest absolute Gasteiger partial charge is 0.231 e. The monoisotopic (exact) mass is 273 g/mol. The second-order valence-electron chi connectivity index (χ2n) is 5.02. The first-order valence-corrected chi connectivity index (χ1v) is 6.38. The van der Waals surface area contributed by atoms with Gasteiger partial charge in [-0.05, 0) is 36.8 Å². The summed E-state index contributed by atoms with van der Waals surface area (Å²) in [6.07, 6.45) is 0.313. The summed E-state index contributed by atoms with van der Waals surface area (Å²) in [4.78, 5) is 13.6. The average Bonchev–Trinajstić information content (AvgIpc) is 2.69. The zero-order valence-electron chi connectivity index (χ0n) is 11.0. The van der Waals surface area contributed by atoms with E-state index in [2.05, 4.69) is 0 Å². The van der Waals surface area contributed by atoms with Crippen LogP contribution in [0.15, 0.2) is 36.4 Å². The van der Waals surface area contributed by atoms with Crippen molar-refractivity contribution in [2.24, 2.45) is 0 Å². The van der Waals surface area contributed by atoms with E-state index in [-0.39, 0.29) is 18.0 Å². The minimum absolute atomic E-state index is 0.0541. The molecule has 0 saturated carbocycles. The lowest BCUT2D eigenvalue weighted by Crippen LogP contribution is -2.26. The molecule has 1 amide bonds. The maximum absolute atomic E-state index is 13.7. The summed E-state index contributed by atoms with van der Waals surface area (Å²) in [5, 5.41) is 0. The van der Waals surface area contributed by atoms with Crippen molar-refractivity contribution in [1.29, 1.82) is 0 Å². The molecule has 2 nitrogen and oxygen atoms in total. The molecule has 0 atom stereocenters. The van der Waals surface area contributed by atoms with Gasteiger partial charge in [0.15, 0.2) is 0 Å². The Kier molecular flexibility index (Phi) is 3.01. The number of carbonyl (C=O) groups excluding carboxylic acids is 1. The molecule has 2 aromatic rings. The molecule has 0 spiro atoms. The van der Waals surface area contributed by atoms with Crippen LogP contribution in [0.2, 0.25) is 0 Å². The van der Waals surface area contributed by atoms with Crippen molar-refractivity contribution in [3.05, 3.63) is 64.7 Å². The molecule has 1 aliphatic heterocycles. The second-order valence-corrected chi connectivity index (χ2v) is 5.02. The summed E-state index contributed by atoms with van der Waals surface area (Å²) in [7, 11) is 0. The number of hydrogen-bond acceptors (Lipinski definition) is 1.